The fraction of sp³-hybridized carbons (Fsp3) is 0.200. The highest BCUT2D eigenvalue weighted by Crippen LogP contribution is 2.40. The molecule has 0 saturated heterocycles. The fourth-order valence-corrected chi connectivity index (χ4v) is 3.35. The number of benzene rings is 2. The molecule has 1 amide bonds. The maximum atomic E-state index is 12.9. The second kappa shape index (κ2) is 5.64. The summed E-state index contributed by atoms with van der Waals surface area (Å²) in [5, 5.41) is 1.04. The van der Waals surface area contributed by atoms with Crippen LogP contribution in [0.15, 0.2) is 60.8 Å². The second-order valence-corrected chi connectivity index (χ2v) is 6.03. The van der Waals surface area contributed by atoms with Crippen molar-refractivity contribution in [1.29, 1.82) is 0 Å². The molecular weight excluding hydrogens is 300 g/mol. The first-order chi connectivity index (χ1) is 11.7. The van der Waals surface area contributed by atoms with Gasteiger partial charge in [0.2, 0.25) is 0 Å². The second-order valence-electron chi connectivity index (χ2n) is 6.03. The van der Waals surface area contributed by atoms with Crippen molar-refractivity contribution in [3.05, 3.63) is 71.9 Å². The van der Waals surface area contributed by atoms with Gasteiger partial charge in [-0.25, -0.2) is 0 Å². The van der Waals surface area contributed by atoms with Gasteiger partial charge in [-0.15, -0.1) is 0 Å². The minimum atomic E-state index is -0.354. The summed E-state index contributed by atoms with van der Waals surface area (Å²) in [6.45, 7) is 3.94. The van der Waals surface area contributed by atoms with E-state index in [1.807, 2.05) is 68.4 Å². The van der Waals surface area contributed by atoms with Gasteiger partial charge in [-0.3, -0.25) is 14.7 Å². The van der Waals surface area contributed by atoms with Crippen molar-refractivity contribution in [3.63, 3.8) is 0 Å². The van der Waals surface area contributed by atoms with Crippen LogP contribution in [0.1, 0.15) is 35.8 Å². The lowest BCUT2D eigenvalue weighted by Gasteiger charge is -2.40. The van der Waals surface area contributed by atoms with E-state index in [0.717, 1.165) is 22.2 Å². The maximum absolute atomic E-state index is 12.9. The van der Waals surface area contributed by atoms with Gasteiger partial charge in [0.05, 0.1) is 6.04 Å². The standard InChI is InChI=1S/C20H18N2O2/c1-13-17-11-10-15-9-6-12-21-18(15)19(17)24-14(2)22(13)20(23)16-7-4-3-5-8-16/h3-14H,1-2H3/t13-,14-/m0/s1. The van der Waals surface area contributed by atoms with Gasteiger partial charge in [-0.05, 0) is 32.0 Å². The Morgan fingerprint density at radius 2 is 1.83 bits per heavy atom. The highest BCUT2D eigenvalue weighted by molar-refractivity contribution is 5.95. The third-order valence-electron chi connectivity index (χ3n) is 4.56. The first kappa shape index (κ1) is 14.7. The molecule has 0 aliphatic carbocycles. The van der Waals surface area contributed by atoms with E-state index < -0.39 is 0 Å². The molecule has 4 rings (SSSR count). The molecule has 0 radical (unpaired) electrons. The van der Waals surface area contributed by atoms with Crippen molar-refractivity contribution in [2.24, 2.45) is 0 Å². The number of pyridine rings is 1. The average molecular weight is 318 g/mol. The Balaban J connectivity index is 1.79. The quantitative estimate of drug-likeness (QED) is 0.676. The summed E-state index contributed by atoms with van der Waals surface area (Å²) in [7, 11) is 0. The summed E-state index contributed by atoms with van der Waals surface area (Å²) in [6, 6.07) is 17.2. The van der Waals surface area contributed by atoms with Gasteiger partial charge >= 0.3 is 0 Å². The lowest BCUT2D eigenvalue weighted by atomic mass is 9.99. The van der Waals surface area contributed by atoms with Crippen molar-refractivity contribution in [1.82, 2.24) is 9.88 Å². The third-order valence-corrected chi connectivity index (χ3v) is 4.56. The van der Waals surface area contributed by atoms with E-state index in [2.05, 4.69) is 4.98 Å². The van der Waals surface area contributed by atoms with Crippen molar-refractivity contribution in [2.45, 2.75) is 26.1 Å². The molecule has 2 atom stereocenters. The van der Waals surface area contributed by atoms with Gasteiger partial charge in [0.1, 0.15) is 5.52 Å². The molecular formula is C20H18N2O2. The highest BCUT2D eigenvalue weighted by Gasteiger charge is 2.35. The lowest BCUT2D eigenvalue weighted by Crippen LogP contribution is -2.46. The zero-order valence-corrected chi connectivity index (χ0v) is 13.6. The molecule has 120 valence electrons. The number of rotatable bonds is 1. The molecule has 0 unspecified atom stereocenters. The Hall–Kier alpha value is -2.88. The normalized spacial score (nSPS) is 19.7. The number of ether oxygens (including phenoxy) is 1. The number of fused-ring (bicyclic) bond motifs is 3. The Labute approximate surface area is 140 Å². The van der Waals surface area contributed by atoms with Crippen LogP contribution in [0, 0.1) is 0 Å². The topological polar surface area (TPSA) is 42.4 Å². The lowest BCUT2D eigenvalue weighted by molar-refractivity contribution is -0.000748. The highest BCUT2D eigenvalue weighted by atomic mass is 16.5. The van der Waals surface area contributed by atoms with Gasteiger partial charge in [-0.1, -0.05) is 36.4 Å². The fourth-order valence-electron chi connectivity index (χ4n) is 3.35. The zero-order chi connectivity index (χ0) is 16.7. The Kier molecular flexibility index (Phi) is 3.45. The minimum Gasteiger partial charge on any atom is -0.468 e. The Bertz CT molecular complexity index is 908. The Morgan fingerprint density at radius 1 is 1.04 bits per heavy atom. The molecule has 0 fully saturated rings. The molecule has 4 heteroatoms. The van der Waals surface area contributed by atoms with Crippen LogP contribution in [-0.2, 0) is 0 Å². The average Bonchev–Trinajstić information content (AvgIpc) is 2.62. The van der Waals surface area contributed by atoms with E-state index in [4.69, 9.17) is 4.74 Å². The number of hydrogen-bond acceptors (Lipinski definition) is 3. The molecule has 2 aromatic carbocycles. The smallest absolute Gasteiger partial charge is 0.257 e. The van der Waals surface area contributed by atoms with Gasteiger partial charge in [0, 0.05) is 22.7 Å². The van der Waals surface area contributed by atoms with Gasteiger partial charge in [0.15, 0.2) is 12.0 Å². The van der Waals surface area contributed by atoms with E-state index in [0.29, 0.717) is 5.56 Å². The van der Waals surface area contributed by atoms with Crippen LogP contribution in [-0.4, -0.2) is 22.0 Å². The summed E-state index contributed by atoms with van der Waals surface area (Å²) >= 11 is 0. The van der Waals surface area contributed by atoms with E-state index in [-0.39, 0.29) is 18.2 Å². The Morgan fingerprint density at radius 3 is 2.62 bits per heavy atom. The first-order valence-electron chi connectivity index (χ1n) is 8.09. The molecule has 1 aliphatic rings. The number of nitrogens with zero attached hydrogens (tertiary/aromatic N) is 2. The van der Waals surface area contributed by atoms with E-state index in [9.17, 15) is 4.79 Å². The number of hydrogen-bond donors (Lipinski definition) is 0. The molecule has 0 saturated carbocycles. The van der Waals surface area contributed by atoms with Crippen molar-refractivity contribution < 1.29 is 9.53 Å². The third kappa shape index (κ3) is 2.22. The van der Waals surface area contributed by atoms with E-state index in [1.54, 1.807) is 11.1 Å². The number of amides is 1. The summed E-state index contributed by atoms with van der Waals surface area (Å²) in [5.41, 5.74) is 2.51. The molecule has 0 spiro atoms. The molecule has 1 aliphatic heterocycles. The number of carbonyl (C=O) groups excluding carboxylic acids is 1. The van der Waals surface area contributed by atoms with Crippen LogP contribution in [0.25, 0.3) is 10.9 Å². The summed E-state index contributed by atoms with van der Waals surface area (Å²) < 4.78 is 6.11. The van der Waals surface area contributed by atoms with Crippen LogP contribution < -0.4 is 4.74 Å². The van der Waals surface area contributed by atoms with Crippen molar-refractivity contribution in [2.75, 3.05) is 0 Å². The van der Waals surface area contributed by atoms with Crippen LogP contribution in [0.4, 0.5) is 0 Å². The minimum absolute atomic E-state index is 0.0256. The van der Waals surface area contributed by atoms with Crippen LogP contribution in [0.5, 0.6) is 5.75 Å². The van der Waals surface area contributed by atoms with E-state index >= 15 is 0 Å². The maximum Gasteiger partial charge on any atom is 0.257 e. The van der Waals surface area contributed by atoms with Crippen LogP contribution >= 0.6 is 0 Å². The molecule has 24 heavy (non-hydrogen) atoms. The predicted molar refractivity (Wildman–Crippen MR) is 92.9 cm³/mol. The molecule has 2 heterocycles. The van der Waals surface area contributed by atoms with Crippen molar-refractivity contribution in [3.8, 4) is 5.75 Å². The van der Waals surface area contributed by atoms with Crippen LogP contribution in [0.3, 0.4) is 0 Å². The summed E-state index contributed by atoms with van der Waals surface area (Å²) in [6.07, 6.45) is 1.41. The van der Waals surface area contributed by atoms with Crippen LogP contribution in [0.2, 0.25) is 0 Å². The molecule has 1 aromatic heterocycles. The molecule has 0 N–H and O–H groups in total. The zero-order valence-electron chi connectivity index (χ0n) is 13.6. The van der Waals surface area contributed by atoms with Gasteiger partial charge in [0.25, 0.3) is 5.91 Å². The molecule has 3 aromatic rings. The van der Waals surface area contributed by atoms with E-state index in [1.165, 1.54) is 0 Å². The van der Waals surface area contributed by atoms with Gasteiger partial charge < -0.3 is 4.74 Å². The molecule has 0 bridgehead atoms. The summed E-state index contributed by atoms with van der Waals surface area (Å²) in [4.78, 5) is 19.2. The molecule has 4 nitrogen and oxygen atoms in total. The predicted octanol–water partition coefficient (Wildman–Crippen LogP) is 4.18. The SMILES string of the molecule is C[C@@H]1Oc2c(ccc3cccnc23)[C@H](C)N1C(=O)c1ccccc1. The number of aromatic nitrogens is 1. The largest absolute Gasteiger partial charge is 0.468 e. The summed E-state index contributed by atoms with van der Waals surface area (Å²) in [5.74, 6) is 0.757. The van der Waals surface area contributed by atoms with Gasteiger partial charge in [-0.2, -0.15) is 0 Å². The van der Waals surface area contributed by atoms with Crippen molar-refractivity contribution >= 4 is 16.8 Å². The monoisotopic (exact) mass is 318 g/mol. The number of carbonyl (C=O) groups is 1. The first-order valence-corrected chi connectivity index (χ1v) is 8.09.